The van der Waals surface area contributed by atoms with Crippen LogP contribution in [-0.4, -0.2) is 12.9 Å². The van der Waals surface area contributed by atoms with Gasteiger partial charge in [0, 0.05) is 3.57 Å². The zero-order valence-electron chi connectivity index (χ0n) is 9.10. The zero-order chi connectivity index (χ0) is 12.1. The van der Waals surface area contributed by atoms with Gasteiger partial charge >= 0.3 is 0 Å². The van der Waals surface area contributed by atoms with E-state index in [0.717, 1.165) is 11.8 Å². The van der Waals surface area contributed by atoms with Gasteiger partial charge in [0.25, 0.3) is 0 Å². The second kappa shape index (κ2) is 5.82. The van der Waals surface area contributed by atoms with Gasteiger partial charge in [0.2, 0.25) is 0 Å². The molecule has 0 heterocycles. The van der Waals surface area contributed by atoms with Crippen LogP contribution in [0.1, 0.15) is 0 Å². The molecule has 0 radical (unpaired) electrons. The molecule has 2 nitrogen and oxygen atoms in total. The minimum Gasteiger partial charge on any atom is -0.486 e. The highest BCUT2D eigenvalue weighted by Gasteiger charge is 1.98. The van der Waals surface area contributed by atoms with Crippen LogP contribution in [0.4, 0.5) is 0 Å². The predicted octanol–water partition coefficient (Wildman–Crippen LogP) is 3.54. The van der Waals surface area contributed by atoms with Crippen molar-refractivity contribution in [3.8, 4) is 16.9 Å². The van der Waals surface area contributed by atoms with Crippen molar-refractivity contribution in [3.05, 3.63) is 52.1 Å². The predicted molar refractivity (Wildman–Crippen MR) is 76.2 cm³/mol. The summed E-state index contributed by atoms with van der Waals surface area (Å²) in [6.07, 6.45) is 0.743. The van der Waals surface area contributed by atoms with Gasteiger partial charge in [-0.3, -0.25) is 4.79 Å². The van der Waals surface area contributed by atoms with Gasteiger partial charge in [-0.2, -0.15) is 0 Å². The maximum atomic E-state index is 10.2. The molecule has 0 N–H and O–H groups in total. The molecule has 2 aromatic carbocycles. The van der Waals surface area contributed by atoms with E-state index in [1.54, 1.807) is 0 Å². The lowest BCUT2D eigenvalue weighted by atomic mass is 10.1. The largest absolute Gasteiger partial charge is 0.486 e. The lowest BCUT2D eigenvalue weighted by Gasteiger charge is -2.05. The van der Waals surface area contributed by atoms with Crippen LogP contribution >= 0.6 is 22.6 Å². The van der Waals surface area contributed by atoms with Gasteiger partial charge in [-0.1, -0.05) is 24.3 Å². The zero-order valence-corrected chi connectivity index (χ0v) is 11.3. The van der Waals surface area contributed by atoms with Crippen LogP contribution in [0.2, 0.25) is 0 Å². The van der Waals surface area contributed by atoms with Gasteiger partial charge < -0.3 is 4.74 Å². The highest BCUT2D eigenvalue weighted by molar-refractivity contribution is 14.1. The fourth-order valence-electron chi connectivity index (χ4n) is 1.52. The molecule has 0 bridgehead atoms. The van der Waals surface area contributed by atoms with Crippen LogP contribution in [0.15, 0.2) is 48.5 Å². The Kier molecular flexibility index (Phi) is 4.14. The van der Waals surface area contributed by atoms with Crippen LogP contribution in [0.3, 0.4) is 0 Å². The van der Waals surface area contributed by atoms with Gasteiger partial charge in [0.05, 0.1) is 0 Å². The molecule has 0 unspecified atom stereocenters. The van der Waals surface area contributed by atoms with Crippen molar-refractivity contribution in [2.75, 3.05) is 6.61 Å². The number of carbonyl (C=O) groups excluding carboxylic acids is 1. The quantitative estimate of drug-likeness (QED) is 0.630. The lowest BCUT2D eigenvalue weighted by Crippen LogP contribution is -1.97. The molecule has 2 rings (SSSR count). The van der Waals surface area contributed by atoms with E-state index >= 15 is 0 Å². The van der Waals surface area contributed by atoms with E-state index in [9.17, 15) is 4.79 Å². The number of benzene rings is 2. The summed E-state index contributed by atoms with van der Waals surface area (Å²) in [5, 5.41) is 0. The third-order valence-corrected chi connectivity index (χ3v) is 3.07. The Morgan fingerprint density at radius 1 is 0.941 bits per heavy atom. The number of rotatable bonds is 4. The number of aldehydes is 1. The smallest absolute Gasteiger partial charge is 0.157 e. The number of hydrogen-bond acceptors (Lipinski definition) is 2. The highest BCUT2D eigenvalue weighted by Crippen LogP contribution is 2.23. The molecule has 0 aliphatic carbocycles. The third-order valence-electron chi connectivity index (χ3n) is 2.35. The topological polar surface area (TPSA) is 26.3 Å². The van der Waals surface area contributed by atoms with E-state index in [2.05, 4.69) is 46.9 Å². The average Bonchev–Trinajstić information content (AvgIpc) is 2.38. The van der Waals surface area contributed by atoms with Crippen LogP contribution in [0.25, 0.3) is 11.1 Å². The van der Waals surface area contributed by atoms with Crippen LogP contribution in [-0.2, 0) is 4.79 Å². The van der Waals surface area contributed by atoms with Gasteiger partial charge in [-0.05, 0) is 58.0 Å². The van der Waals surface area contributed by atoms with E-state index in [-0.39, 0.29) is 6.61 Å². The molecule has 0 saturated heterocycles. The SMILES string of the molecule is O=CCOc1ccc(-c2ccc(I)cc2)cc1. The Hall–Kier alpha value is -1.36. The molecule has 0 atom stereocenters. The first kappa shape index (κ1) is 12.1. The molecule has 0 amide bonds. The highest BCUT2D eigenvalue weighted by atomic mass is 127. The molecule has 0 saturated carbocycles. The minimum absolute atomic E-state index is 0.100. The summed E-state index contributed by atoms with van der Waals surface area (Å²) in [6.45, 7) is 0.100. The van der Waals surface area contributed by atoms with E-state index in [1.165, 1.54) is 9.13 Å². The fraction of sp³-hybridized carbons (Fsp3) is 0.0714. The third kappa shape index (κ3) is 3.30. The molecule has 0 fully saturated rings. The monoisotopic (exact) mass is 338 g/mol. The number of hydrogen-bond donors (Lipinski definition) is 0. The summed E-state index contributed by atoms with van der Waals surface area (Å²) in [4.78, 5) is 10.2. The number of ether oxygens (including phenoxy) is 1. The first-order chi connectivity index (χ1) is 8.29. The molecule has 3 heteroatoms. The van der Waals surface area contributed by atoms with Gasteiger partial charge in [-0.15, -0.1) is 0 Å². The van der Waals surface area contributed by atoms with Crippen molar-refractivity contribution >= 4 is 28.9 Å². The summed E-state index contributed by atoms with van der Waals surface area (Å²) in [7, 11) is 0. The van der Waals surface area contributed by atoms with Crippen LogP contribution in [0.5, 0.6) is 5.75 Å². The van der Waals surface area contributed by atoms with E-state index in [1.807, 2.05) is 24.3 Å². The summed E-state index contributed by atoms with van der Waals surface area (Å²) in [5.41, 5.74) is 2.31. The summed E-state index contributed by atoms with van der Waals surface area (Å²) < 4.78 is 6.42. The Morgan fingerprint density at radius 3 is 2.00 bits per heavy atom. The Bertz CT molecular complexity index is 489. The summed E-state index contributed by atoms with van der Waals surface area (Å²) in [5.74, 6) is 0.714. The van der Waals surface area contributed by atoms with E-state index in [0.29, 0.717) is 5.75 Å². The first-order valence-electron chi connectivity index (χ1n) is 5.22. The molecule has 0 aromatic heterocycles. The molecular formula is C14H11IO2. The molecule has 86 valence electrons. The molecule has 0 spiro atoms. The molecule has 0 aliphatic rings. The molecule has 2 aromatic rings. The maximum absolute atomic E-state index is 10.2. The van der Waals surface area contributed by atoms with Gasteiger partial charge in [-0.25, -0.2) is 0 Å². The van der Waals surface area contributed by atoms with Crippen LogP contribution < -0.4 is 4.74 Å². The Morgan fingerprint density at radius 2 is 1.47 bits per heavy atom. The Balaban J connectivity index is 2.17. The summed E-state index contributed by atoms with van der Waals surface area (Å²) >= 11 is 2.28. The van der Waals surface area contributed by atoms with E-state index in [4.69, 9.17) is 4.74 Å². The summed E-state index contributed by atoms with van der Waals surface area (Å²) in [6, 6.07) is 16.0. The maximum Gasteiger partial charge on any atom is 0.157 e. The lowest BCUT2D eigenvalue weighted by molar-refractivity contribution is -0.109. The second-order valence-electron chi connectivity index (χ2n) is 3.51. The fourth-order valence-corrected chi connectivity index (χ4v) is 1.88. The van der Waals surface area contributed by atoms with Crippen molar-refractivity contribution in [1.82, 2.24) is 0 Å². The second-order valence-corrected chi connectivity index (χ2v) is 4.75. The van der Waals surface area contributed by atoms with Crippen molar-refractivity contribution in [3.63, 3.8) is 0 Å². The van der Waals surface area contributed by atoms with Gasteiger partial charge in [0.1, 0.15) is 12.4 Å². The standard InChI is InChI=1S/C14H11IO2/c15-13-5-1-11(2-6-13)12-3-7-14(8-4-12)17-10-9-16/h1-9H,10H2. The van der Waals surface area contributed by atoms with E-state index < -0.39 is 0 Å². The van der Waals surface area contributed by atoms with Crippen LogP contribution in [0, 0.1) is 3.57 Å². The molecular weight excluding hydrogens is 327 g/mol. The first-order valence-corrected chi connectivity index (χ1v) is 6.30. The van der Waals surface area contributed by atoms with Crippen molar-refractivity contribution < 1.29 is 9.53 Å². The number of halogens is 1. The van der Waals surface area contributed by atoms with Crippen molar-refractivity contribution in [2.45, 2.75) is 0 Å². The Labute approximate surface area is 114 Å². The normalized spacial score (nSPS) is 9.94. The minimum atomic E-state index is 0.100. The average molecular weight is 338 g/mol. The van der Waals surface area contributed by atoms with Crippen molar-refractivity contribution in [2.24, 2.45) is 0 Å². The van der Waals surface area contributed by atoms with Gasteiger partial charge in [0.15, 0.2) is 6.29 Å². The molecule has 0 aliphatic heterocycles. The number of carbonyl (C=O) groups is 1. The van der Waals surface area contributed by atoms with Crippen molar-refractivity contribution in [1.29, 1.82) is 0 Å². The molecule has 17 heavy (non-hydrogen) atoms.